The van der Waals surface area contributed by atoms with Gasteiger partial charge in [0.05, 0.1) is 22.0 Å². The number of nitrogens with zero attached hydrogens (tertiary/aromatic N) is 2. The molecular weight excluding hydrogens is 485 g/mol. The van der Waals surface area contributed by atoms with Gasteiger partial charge in [0.15, 0.2) is 0 Å². The molecule has 0 unspecified atom stereocenters. The van der Waals surface area contributed by atoms with Crippen LogP contribution in [0.4, 0.5) is 5.13 Å². The van der Waals surface area contributed by atoms with Gasteiger partial charge in [-0.3, -0.25) is 5.43 Å². The number of carbonyl (C=O) groups excluding carboxylic acids is 1. The maximum atomic E-state index is 12.4. The first-order chi connectivity index (χ1) is 13.7. The molecule has 0 amide bonds. The maximum Gasteiger partial charge on any atom is 0.344 e. The van der Waals surface area contributed by atoms with E-state index in [9.17, 15) is 4.79 Å². The summed E-state index contributed by atoms with van der Waals surface area (Å²) in [6.07, 6.45) is 1.66. The molecule has 5 nitrogen and oxygen atoms in total. The summed E-state index contributed by atoms with van der Waals surface area (Å²) >= 11 is 3.66. The Labute approximate surface area is 179 Å². The van der Waals surface area contributed by atoms with E-state index in [0.717, 1.165) is 24.5 Å². The minimum atomic E-state index is -0.383. The van der Waals surface area contributed by atoms with E-state index < -0.39 is 0 Å². The zero-order valence-corrected chi connectivity index (χ0v) is 17.5. The Morgan fingerprint density at radius 2 is 1.89 bits per heavy atom. The van der Waals surface area contributed by atoms with Crippen LogP contribution >= 0.6 is 33.9 Å². The summed E-state index contributed by atoms with van der Waals surface area (Å²) in [6, 6.07) is 22.4. The Hall–Kier alpha value is -2.78. The van der Waals surface area contributed by atoms with E-state index in [1.807, 2.05) is 54.6 Å². The van der Waals surface area contributed by atoms with Crippen molar-refractivity contribution in [2.45, 2.75) is 0 Å². The van der Waals surface area contributed by atoms with Crippen molar-refractivity contribution in [2.24, 2.45) is 5.10 Å². The fourth-order valence-corrected chi connectivity index (χ4v) is 3.95. The van der Waals surface area contributed by atoms with Crippen molar-refractivity contribution in [3.63, 3.8) is 0 Å². The van der Waals surface area contributed by atoms with Crippen molar-refractivity contribution in [1.29, 1.82) is 0 Å². The Morgan fingerprint density at radius 1 is 1.07 bits per heavy atom. The number of aromatic nitrogens is 1. The molecule has 0 atom stereocenters. The molecule has 0 aliphatic heterocycles. The van der Waals surface area contributed by atoms with Crippen LogP contribution in [0.25, 0.3) is 10.2 Å². The first kappa shape index (κ1) is 18.6. The zero-order valence-electron chi connectivity index (χ0n) is 14.5. The second-order valence-corrected chi connectivity index (χ2v) is 7.99. The first-order valence-corrected chi connectivity index (χ1v) is 10.3. The van der Waals surface area contributed by atoms with Gasteiger partial charge in [0.1, 0.15) is 5.75 Å². The van der Waals surface area contributed by atoms with E-state index in [-0.39, 0.29) is 5.97 Å². The zero-order chi connectivity index (χ0) is 19.3. The number of para-hydroxylation sites is 1. The number of esters is 1. The van der Waals surface area contributed by atoms with Gasteiger partial charge in [0.2, 0.25) is 5.13 Å². The van der Waals surface area contributed by atoms with Crippen LogP contribution < -0.4 is 10.2 Å². The van der Waals surface area contributed by atoms with Crippen LogP contribution in [0.2, 0.25) is 0 Å². The summed E-state index contributed by atoms with van der Waals surface area (Å²) in [5.41, 5.74) is 5.23. The number of thiazole rings is 1. The third kappa shape index (κ3) is 4.37. The number of hydrazone groups is 1. The van der Waals surface area contributed by atoms with Gasteiger partial charge in [0.25, 0.3) is 0 Å². The van der Waals surface area contributed by atoms with Crippen molar-refractivity contribution >= 4 is 61.5 Å². The Morgan fingerprint density at radius 3 is 2.75 bits per heavy atom. The Kier molecular flexibility index (Phi) is 5.63. The van der Waals surface area contributed by atoms with Crippen LogP contribution in [0.3, 0.4) is 0 Å². The summed E-state index contributed by atoms with van der Waals surface area (Å²) in [6.45, 7) is 0. The molecule has 4 rings (SSSR count). The lowest BCUT2D eigenvalue weighted by atomic mass is 10.2. The quantitative estimate of drug-likeness (QED) is 0.128. The summed E-state index contributed by atoms with van der Waals surface area (Å²) in [5.74, 6) is 0.0836. The number of nitrogens with one attached hydrogen (secondary N) is 1. The summed E-state index contributed by atoms with van der Waals surface area (Å²) in [7, 11) is 0. The smallest absolute Gasteiger partial charge is 0.344 e. The van der Waals surface area contributed by atoms with Crippen molar-refractivity contribution in [3.05, 3.63) is 87.5 Å². The van der Waals surface area contributed by atoms with E-state index in [2.05, 4.69) is 38.1 Å². The molecule has 4 aromatic rings. The average molecular weight is 499 g/mol. The lowest BCUT2D eigenvalue weighted by molar-refractivity contribution is 0.0733. The number of fused-ring (bicyclic) bond motifs is 1. The molecule has 0 radical (unpaired) electrons. The normalized spacial score (nSPS) is 11.0. The number of anilines is 1. The predicted octanol–water partition coefficient (Wildman–Crippen LogP) is 5.57. The summed E-state index contributed by atoms with van der Waals surface area (Å²) in [5, 5.41) is 4.95. The molecule has 0 saturated heterocycles. The second-order valence-electron chi connectivity index (χ2n) is 5.80. The predicted molar refractivity (Wildman–Crippen MR) is 121 cm³/mol. The third-order valence-electron chi connectivity index (χ3n) is 3.83. The highest BCUT2D eigenvalue weighted by Crippen LogP contribution is 2.25. The molecule has 28 heavy (non-hydrogen) atoms. The van der Waals surface area contributed by atoms with Gasteiger partial charge in [-0.15, -0.1) is 0 Å². The highest BCUT2D eigenvalue weighted by atomic mass is 127. The van der Waals surface area contributed by atoms with E-state index in [4.69, 9.17) is 4.74 Å². The van der Waals surface area contributed by atoms with Crippen molar-refractivity contribution < 1.29 is 9.53 Å². The number of rotatable bonds is 5. The number of benzene rings is 3. The summed E-state index contributed by atoms with van der Waals surface area (Å²) in [4.78, 5) is 16.8. The minimum Gasteiger partial charge on any atom is -0.423 e. The third-order valence-corrected chi connectivity index (χ3v) is 5.71. The summed E-state index contributed by atoms with van der Waals surface area (Å²) < 4.78 is 7.44. The fraction of sp³-hybridized carbons (Fsp3) is 0. The number of hydrogen-bond acceptors (Lipinski definition) is 6. The van der Waals surface area contributed by atoms with Crippen LogP contribution in [0.5, 0.6) is 5.75 Å². The largest absolute Gasteiger partial charge is 0.423 e. The number of hydrogen-bond donors (Lipinski definition) is 1. The lowest BCUT2D eigenvalue weighted by Gasteiger charge is -2.06. The molecule has 1 N–H and O–H groups in total. The second kappa shape index (κ2) is 8.49. The van der Waals surface area contributed by atoms with Crippen LogP contribution in [-0.2, 0) is 0 Å². The molecule has 0 saturated carbocycles. The first-order valence-electron chi connectivity index (χ1n) is 8.40. The van der Waals surface area contributed by atoms with Gasteiger partial charge < -0.3 is 4.74 Å². The van der Waals surface area contributed by atoms with Crippen molar-refractivity contribution in [2.75, 3.05) is 5.43 Å². The highest BCUT2D eigenvalue weighted by Gasteiger charge is 2.11. The Bertz CT molecular complexity index is 1140. The van der Waals surface area contributed by atoms with Crippen LogP contribution in [-0.4, -0.2) is 17.2 Å². The lowest BCUT2D eigenvalue weighted by Crippen LogP contribution is -2.10. The molecule has 0 spiro atoms. The van der Waals surface area contributed by atoms with Gasteiger partial charge in [-0.25, -0.2) is 9.78 Å². The van der Waals surface area contributed by atoms with Crippen LogP contribution in [0.15, 0.2) is 77.9 Å². The SMILES string of the molecule is O=C(Oc1cccc(/C=N\Nc2nc3ccccc3s2)c1)c1ccccc1I. The molecule has 3 aromatic carbocycles. The molecule has 0 fully saturated rings. The monoisotopic (exact) mass is 499 g/mol. The maximum absolute atomic E-state index is 12.4. The fourth-order valence-electron chi connectivity index (χ4n) is 2.53. The van der Waals surface area contributed by atoms with Crippen molar-refractivity contribution in [1.82, 2.24) is 4.98 Å². The number of halogens is 1. The van der Waals surface area contributed by atoms with Crippen molar-refractivity contribution in [3.8, 4) is 5.75 Å². The van der Waals surface area contributed by atoms with E-state index >= 15 is 0 Å². The molecular formula is C21H14IN3O2S. The van der Waals surface area contributed by atoms with Gasteiger partial charge in [0, 0.05) is 3.57 Å². The van der Waals surface area contributed by atoms with Crippen LogP contribution in [0.1, 0.15) is 15.9 Å². The molecule has 1 aromatic heterocycles. The topological polar surface area (TPSA) is 63.6 Å². The van der Waals surface area contributed by atoms with E-state index in [1.165, 1.54) is 11.3 Å². The standard InChI is InChI=1S/C21H14IN3O2S/c22-17-9-2-1-8-16(17)20(26)27-15-7-5-6-14(12-15)13-23-25-21-24-18-10-3-4-11-19(18)28-21/h1-13H,(H,24,25)/b23-13-. The molecule has 0 aliphatic carbocycles. The molecule has 0 bridgehead atoms. The van der Waals surface area contributed by atoms with Gasteiger partial charge >= 0.3 is 5.97 Å². The van der Waals surface area contributed by atoms with E-state index in [1.54, 1.807) is 24.4 Å². The number of carbonyl (C=O) groups is 1. The molecule has 7 heteroatoms. The van der Waals surface area contributed by atoms with Gasteiger partial charge in [-0.1, -0.05) is 47.7 Å². The Balaban J connectivity index is 1.44. The average Bonchev–Trinajstić information content (AvgIpc) is 3.11. The van der Waals surface area contributed by atoms with Crippen LogP contribution in [0, 0.1) is 3.57 Å². The van der Waals surface area contributed by atoms with Gasteiger partial charge in [-0.05, 0) is 64.6 Å². The molecule has 1 heterocycles. The minimum absolute atomic E-state index is 0.383. The highest BCUT2D eigenvalue weighted by molar-refractivity contribution is 14.1. The molecule has 0 aliphatic rings. The van der Waals surface area contributed by atoms with Gasteiger partial charge in [-0.2, -0.15) is 5.10 Å². The number of ether oxygens (including phenoxy) is 1. The van der Waals surface area contributed by atoms with E-state index in [0.29, 0.717) is 11.3 Å². The molecule has 138 valence electrons.